The molecule has 0 aliphatic carbocycles. The fourth-order valence-electron chi connectivity index (χ4n) is 0.952. The average Bonchev–Trinajstić information content (AvgIpc) is 2.04. The van der Waals surface area contributed by atoms with Crippen molar-refractivity contribution in [3.8, 4) is 5.75 Å². The van der Waals surface area contributed by atoms with E-state index in [1.54, 1.807) is 6.08 Å². The molecule has 0 fully saturated rings. The zero-order valence-electron chi connectivity index (χ0n) is 7.01. The molecule has 0 unspecified atom stereocenters. The molecule has 0 spiro atoms. The summed E-state index contributed by atoms with van der Waals surface area (Å²) >= 11 is 3.40. The summed E-state index contributed by atoms with van der Waals surface area (Å²) in [5, 5.41) is 0. The van der Waals surface area contributed by atoms with Crippen molar-refractivity contribution < 1.29 is 4.74 Å². The maximum atomic E-state index is 5.35. The third-order valence-corrected chi connectivity index (χ3v) is 1.90. The molecular weight excluding hydrogens is 216 g/mol. The van der Waals surface area contributed by atoms with Gasteiger partial charge in [0.1, 0.15) is 5.75 Å². The Labute approximate surface area is 81.2 Å². The van der Waals surface area contributed by atoms with Gasteiger partial charge in [0, 0.05) is 4.47 Å². The second-order valence-corrected chi connectivity index (χ2v) is 3.27. The minimum Gasteiger partial charge on any atom is -0.494 e. The Bertz CT molecular complexity index is 281. The molecule has 0 atom stereocenters. The number of benzene rings is 1. The molecule has 0 aliphatic heterocycles. The van der Waals surface area contributed by atoms with Crippen LogP contribution in [-0.4, -0.2) is 6.61 Å². The van der Waals surface area contributed by atoms with E-state index in [2.05, 4.69) is 22.5 Å². The van der Waals surface area contributed by atoms with Gasteiger partial charge >= 0.3 is 0 Å². The standard InChI is InChI=1S/C10H11BrO/c1-3-8-5-9(11)7-10(6-8)12-4-2/h3,5-7H,1,4H2,2H3. The predicted octanol–water partition coefficient (Wildman–Crippen LogP) is 3.49. The average molecular weight is 227 g/mol. The monoisotopic (exact) mass is 226 g/mol. The SMILES string of the molecule is C=Cc1cc(Br)cc(OCC)c1. The van der Waals surface area contributed by atoms with E-state index in [-0.39, 0.29) is 0 Å². The minimum atomic E-state index is 0.688. The van der Waals surface area contributed by atoms with E-state index < -0.39 is 0 Å². The number of hydrogen-bond donors (Lipinski definition) is 0. The second-order valence-electron chi connectivity index (χ2n) is 2.36. The van der Waals surface area contributed by atoms with E-state index in [0.29, 0.717) is 6.61 Å². The van der Waals surface area contributed by atoms with Gasteiger partial charge in [0.2, 0.25) is 0 Å². The predicted molar refractivity (Wildman–Crippen MR) is 55.4 cm³/mol. The molecule has 1 nitrogen and oxygen atoms in total. The normalized spacial score (nSPS) is 9.50. The van der Waals surface area contributed by atoms with Crippen LogP contribution in [-0.2, 0) is 0 Å². The topological polar surface area (TPSA) is 9.23 Å². The Morgan fingerprint density at radius 2 is 2.25 bits per heavy atom. The number of hydrogen-bond acceptors (Lipinski definition) is 1. The Morgan fingerprint density at radius 3 is 2.83 bits per heavy atom. The molecular formula is C10H11BrO. The molecule has 1 aromatic rings. The van der Waals surface area contributed by atoms with Crippen LogP contribution in [0.25, 0.3) is 6.08 Å². The first-order valence-corrected chi connectivity index (χ1v) is 4.61. The van der Waals surface area contributed by atoms with E-state index in [9.17, 15) is 0 Å². The van der Waals surface area contributed by atoms with Crippen LogP contribution in [0.15, 0.2) is 29.3 Å². The van der Waals surface area contributed by atoms with Crippen LogP contribution in [0.2, 0.25) is 0 Å². The van der Waals surface area contributed by atoms with Crippen LogP contribution >= 0.6 is 15.9 Å². The minimum absolute atomic E-state index is 0.688. The first-order chi connectivity index (χ1) is 5.76. The Balaban J connectivity index is 2.97. The molecule has 12 heavy (non-hydrogen) atoms. The Hall–Kier alpha value is -0.760. The van der Waals surface area contributed by atoms with Crippen LogP contribution in [0.3, 0.4) is 0 Å². The largest absolute Gasteiger partial charge is 0.494 e. The molecule has 0 saturated heterocycles. The number of rotatable bonds is 3. The molecule has 0 saturated carbocycles. The van der Waals surface area contributed by atoms with Gasteiger partial charge in [-0.25, -0.2) is 0 Å². The third kappa shape index (κ3) is 2.38. The summed E-state index contributed by atoms with van der Waals surface area (Å²) in [7, 11) is 0. The van der Waals surface area contributed by atoms with E-state index >= 15 is 0 Å². The maximum absolute atomic E-state index is 5.35. The molecule has 1 rings (SSSR count). The van der Waals surface area contributed by atoms with Crippen molar-refractivity contribution in [2.45, 2.75) is 6.92 Å². The van der Waals surface area contributed by atoms with Crippen molar-refractivity contribution in [3.05, 3.63) is 34.8 Å². The lowest BCUT2D eigenvalue weighted by Crippen LogP contribution is -1.91. The lowest BCUT2D eigenvalue weighted by atomic mass is 10.2. The van der Waals surface area contributed by atoms with Crippen LogP contribution in [0.5, 0.6) is 5.75 Å². The molecule has 2 heteroatoms. The highest BCUT2D eigenvalue weighted by Gasteiger charge is 1.96. The zero-order valence-corrected chi connectivity index (χ0v) is 8.60. The summed E-state index contributed by atoms with van der Waals surface area (Å²) in [4.78, 5) is 0. The first-order valence-electron chi connectivity index (χ1n) is 3.82. The molecule has 0 radical (unpaired) electrons. The summed E-state index contributed by atoms with van der Waals surface area (Å²) < 4.78 is 6.37. The van der Waals surface area contributed by atoms with E-state index in [0.717, 1.165) is 15.8 Å². The van der Waals surface area contributed by atoms with Crippen LogP contribution in [0.1, 0.15) is 12.5 Å². The highest BCUT2D eigenvalue weighted by atomic mass is 79.9. The molecule has 0 aromatic heterocycles. The fraction of sp³-hybridized carbons (Fsp3) is 0.200. The van der Waals surface area contributed by atoms with Gasteiger partial charge in [0.15, 0.2) is 0 Å². The second kappa shape index (κ2) is 4.31. The molecule has 0 aliphatic rings. The van der Waals surface area contributed by atoms with Gasteiger partial charge in [0.05, 0.1) is 6.61 Å². The lowest BCUT2D eigenvalue weighted by Gasteiger charge is -2.04. The van der Waals surface area contributed by atoms with Gasteiger partial charge in [-0.15, -0.1) is 0 Å². The van der Waals surface area contributed by atoms with Gasteiger partial charge < -0.3 is 4.74 Å². The molecule has 0 N–H and O–H groups in total. The van der Waals surface area contributed by atoms with Crippen molar-refractivity contribution in [3.63, 3.8) is 0 Å². The fourth-order valence-corrected chi connectivity index (χ4v) is 1.44. The zero-order chi connectivity index (χ0) is 8.97. The maximum Gasteiger partial charge on any atom is 0.120 e. The quantitative estimate of drug-likeness (QED) is 0.767. The van der Waals surface area contributed by atoms with Gasteiger partial charge in [-0.05, 0) is 30.7 Å². The van der Waals surface area contributed by atoms with Crippen molar-refractivity contribution >= 4 is 22.0 Å². The Kier molecular flexibility index (Phi) is 3.35. The summed E-state index contributed by atoms with van der Waals surface area (Å²) in [5.41, 5.74) is 1.06. The van der Waals surface area contributed by atoms with Crippen molar-refractivity contribution in [1.29, 1.82) is 0 Å². The molecule has 0 amide bonds. The smallest absolute Gasteiger partial charge is 0.120 e. The summed E-state index contributed by atoms with van der Waals surface area (Å²) in [6.45, 7) is 6.35. The molecule has 1 aromatic carbocycles. The molecule has 0 heterocycles. The summed E-state index contributed by atoms with van der Waals surface area (Å²) in [6.07, 6.45) is 1.80. The highest BCUT2D eigenvalue weighted by Crippen LogP contribution is 2.21. The number of ether oxygens (including phenoxy) is 1. The highest BCUT2D eigenvalue weighted by molar-refractivity contribution is 9.10. The van der Waals surface area contributed by atoms with Crippen molar-refractivity contribution in [2.24, 2.45) is 0 Å². The van der Waals surface area contributed by atoms with Gasteiger partial charge in [-0.1, -0.05) is 28.6 Å². The van der Waals surface area contributed by atoms with Gasteiger partial charge in [-0.2, -0.15) is 0 Å². The van der Waals surface area contributed by atoms with Crippen LogP contribution in [0.4, 0.5) is 0 Å². The molecule has 0 bridgehead atoms. The number of halogens is 1. The summed E-state index contributed by atoms with van der Waals surface area (Å²) in [5.74, 6) is 0.877. The van der Waals surface area contributed by atoms with Gasteiger partial charge in [0.25, 0.3) is 0 Å². The van der Waals surface area contributed by atoms with Gasteiger partial charge in [-0.3, -0.25) is 0 Å². The van der Waals surface area contributed by atoms with E-state index in [4.69, 9.17) is 4.74 Å². The van der Waals surface area contributed by atoms with Crippen molar-refractivity contribution in [2.75, 3.05) is 6.61 Å². The summed E-state index contributed by atoms with van der Waals surface area (Å²) in [6, 6.07) is 5.90. The van der Waals surface area contributed by atoms with E-state index in [1.807, 2.05) is 25.1 Å². The molecule has 64 valence electrons. The lowest BCUT2D eigenvalue weighted by molar-refractivity contribution is 0.340. The van der Waals surface area contributed by atoms with Crippen molar-refractivity contribution in [1.82, 2.24) is 0 Å². The Morgan fingerprint density at radius 1 is 1.50 bits per heavy atom. The van der Waals surface area contributed by atoms with Crippen LogP contribution in [0, 0.1) is 0 Å². The third-order valence-electron chi connectivity index (χ3n) is 1.44. The van der Waals surface area contributed by atoms with E-state index in [1.165, 1.54) is 0 Å². The van der Waals surface area contributed by atoms with Crippen LogP contribution < -0.4 is 4.74 Å². The first kappa shape index (κ1) is 9.33.